The van der Waals surface area contributed by atoms with E-state index in [1.54, 1.807) is 12.1 Å². The van der Waals surface area contributed by atoms with Crippen LogP contribution in [0.25, 0.3) is 0 Å². The van der Waals surface area contributed by atoms with Gasteiger partial charge in [-0.15, -0.1) is 0 Å². The fraction of sp³-hybridized carbons (Fsp3) is 0.533. The van der Waals surface area contributed by atoms with Crippen LogP contribution in [0, 0.1) is 0 Å². The molecule has 1 aromatic carbocycles. The minimum atomic E-state index is -0.0758. The third kappa shape index (κ3) is 3.32. The Morgan fingerprint density at radius 1 is 1.19 bits per heavy atom. The van der Waals surface area contributed by atoms with Crippen LogP contribution in [-0.2, 0) is 0 Å². The van der Waals surface area contributed by atoms with E-state index in [-0.39, 0.29) is 18.0 Å². The minimum absolute atomic E-state index is 0.0758. The topological polar surface area (TPSA) is 73.6 Å². The van der Waals surface area contributed by atoms with Gasteiger partial charge >= 0.3 is 0 Å². The van der Waals surface area contributed by atoms with Gasteiger partial charge in [-0.25, -0.2) is 0 Å². The molecule has 21 heavy (non-hydrogen) atoms. The highest BCUT2D eigenvalue weighted by molar-refractivity contribution is 9.10. The van der Waals surface area contributed by atoms with Gasteiger partial charge in [0, 0.05) is 17.6 Å². The second-order valence-corrected chi connectivity index (χ2v) is 6.42. The number of fused-ring (bicyclic) bond motifs is 1. The zero-order valence-electron chi connectivity index (χ0n) is 11.7. The molecule has 6 heteroatoms. The number of carbonyl (C=O) groups excluding carboxylic acids is 1. The molecule has 0 bridgehead atoms. The number of hydrogen-bond donors (Lipinski definition) is 2. The molecular formula is C15H19BrN2O3. The maximum absolute atomic E-state index is 12.4. The first-order valence-corrected chi connectivity index (χ1v) is 8.08. The molecular weight excluding hydrogens is 336 g/mol. The van der Waals surface area contributed by atoms with Gasteiger partial charge < -0.3 is 20.5 Å². The standard InChI is InChI=1S/C15H19BrN2O3/c16-12-7-9(8-13-14(12)21-6-5-20-13)15(19)18-11-3-1-10(17)2-4-11/h7-8,10-11H,1-6,17H2,(H,18,19). The third-order valence-corrected chi connectivity index (χ3v) is 4.56. The lowest BCUT2D eigenvalue weighted by atomic mass is 9.91. The molecule has 114 valence electrons. The summed E-state index contributed by atoms with van der Waals surface area (Å²) in [6, 6.07) is 4.01. The van der Waals surface area contributed by atoms with E-state index in [0.29, 0.717) is 30.3 Å². The molecule has 1 saturated carbocycles. The number of nitrogens with two attached hydrogens (primary N) is 1. The second kappa shape index (κ2) is 6.23. The van der Waals surface area contributed by atoms with Crippen molar-refractivity contribution in [2.24, 2.45) is 5.73 Å². The maximum atomic E-state index is 12.4. The van der Waals surface area contributed by atoms with E-state index in [1.165, 1.54) is 0 Å². The largest absolute Gasteiger partial charge is 0.486 e. The minimum Gasteiger partial charge on any atom is -0.486 e. The van der Waals surface area contributed by atoms with Crippen molar-refractivity contribution in [1.29, 1.82) is 0 Å². The third-order valence-electron chi connectivity index (χ3n) is 3.97. The molecule has 0 radical (unpaired) electrons. The smallest absolute Gasteiger partial charge is 0.251 e. The molecule has 0 saturated heterocycles. The number of hydrogen-bond acceptors (Lipinski definition) is 4. The normalized spacial score (nSPS) is 24.5. The van der Waals surface area contributed by atoms with Gasteiger partial charge in [0.15, 0.2) is 11.5 Å². The summed E-state index contributed by atoms with van der Waals surface area (Å²) in [5, 5.41) is 3.08. The predicted octanol–water partition coefficient (Wildman–Crippen LogP) is 2.22. The summed E-state index contributed by atoms with van der Waals surface area (Å²) in [5.41, 5.74) is 6.47. The molecule has 5 nitrogen and oxygen atoms in total. The van der Waals surface area contributed by atoms with Gasteiger partial charge in [-0.05, 0) is 53.7 Å². The van der Waals surface area contributed by atoms with Gasteiger partial charge in [-0.1, -0.05) is 0 Å². The fourth-order valence-electron chi connectivity index (χ4n) is 2.77. The van der Waals surface area contributed by atoms with Crippen LogP contribution in [0.2, 0.25) is 0 Å². The number of halogens is 1. The molecule has 1 aliphatic heterocycles. The monoisotopic (exact) mass is 354 g/mol. The number of carbonyl (C=O) groups is 1. The van der Waals surface area contributed by atoms with E-state index in [2.05, 4.69) is 21.2 Å². The molecule has 3 rings (SSSR count). The summed E-state index contributed by atoms with van der Waals surface area (Å²) >= 11 is 3.43. The first-order valence-electron chi connectivity index (χ1n) is 7.29. The summed E-state index contributed by atoms with van der Waals surface area (Å²) < 4.78 is 11.8. The van der Waals surface area contributed by atoms with Gasteiger partial charge in [0.2, 0.25) is 0 Å². The number of benzene rings is 1. The molecule has 1 aliphatic carbocycles. The van der Waals surface area contributed by atoms with Crippen LogP contribution in [0.1, 0.15) is 36.0 Å². The average Bonchev–Trinajstić information content (AvgIpc) is 2.49. The quantitative estimate of drug-likeness (QED) is 0.853. The highest BCUT2D eigenvalue weighted by Crippen LogP contribution is 2.38. The van der Waals surface area contributed by atoms with Crippen molar-refractivity contribution in [3.05, 3.63) is 22.2 Å². The summed E-state index contributed by atoms with van der Waals surface area (Å²) in [5.74, 6) is 1.21. The highest BCUT2D eigenvalue weighted by Gasteiger charge is 2.23. The summed E-state index contributed by atoms with van der Waals surface area (Å²) in [4.78, 5) is 12.4. The Hall–Kier alpha value is -1.27. The number of amides is 1. The average molecular weight is 355 g/mol. The number of rotatable bonds is 2. The molecule has 0 unspecified atom stereocenters. The fourth-order valence-corrected chi connectivity index (χ4v) is 3.33. The predicted molar refractivity (Wildman–Crippen MR) is 82.8 cm³/mol. The zero-order chi connectivity index (χ0) is 14.8. The SMILES string of the molecule is NC1CCC(NC(=O)c2cc(Br)c3c(c2)OCCO3)CC1. The van der Waals surface area contributed by atoms with E-state index < -0.39 is 0 Å². The molecule has 0 aromatic heterocycles. The Bertz CT molecular complexity index is 542. The lowest BCUT2D eigenvalue weighted by Crippen LogP contribution is -2.40. The van der Waals surface area contributed by atoms with E-state index in [1.807, 2.05) is 0 Å². The summed E-state index contributed by atoms with van der Waals surface area (Å²) in [6.07, 6.45) is 3.82. The molecule has 3 N–H and O–H groups in total. The van der Waals surface area contributed by atoms with Crippen molar-refractivity contribution in [2.75, 3.05) is 13.2 Å². The first-order chi connectivity index (χ1) is 10.1. The summed E-state index contributed by atoms with van der Waals surface area (Å²) in [6.45, 7) is 1.03. The van der Waals surface area contributed by atoms with Crippen molar-refractivity contribution in [3.63, 3.8) is 0 Å². The van der Waals surface area contributed by atoms with Crippen LogP contribution >= 0.6 is 15.9 Å². The second-order valence-electron chi connectivity index (χ2n) is 5.57. The van der Waals surface area contributed by atoms with Crippen LogP contribution in [-0.4, -0.2) is 31.2 Å². The van der Waals surface area contributed by atoms with Crippen LogP contribution in [0.3, 0.4) is 0 Å². The van der Waals surface area contributed by atoms with Crippen molar-refractivity contribution >= 4 is 21.8 Å². The Balaban J connectivity index is 1.71. The Morgan fingerprint density at radius 2 is 1.90 bits per heavy atom. The van der Waals surface area contributed by atoms with Gasteiger partial charge in [0.1, 0.15) is 13.2 Å². The zero-order valence-corrected chi connectivity index (χ0v) is 13.3. The molecule has 1 fully saturated rings. The molecule has 1 heterocycles. The van der Waals surface area contributed by atoms with Crippen LogP contribution in [0.4, 0.5) is 0 Å². The Kier molecular flexibility index (Phi) is 4.35. The summed E-state index contributed by atoms with van der Waals surface area (Å²) in [7, 11) is 0. The Labute approximate surface area is 132 Å². The van der Waals surface area contributed by atoms with Crippen LogP contribution in [0.15, 0.2) is 16.6 Å². The maximum Gasteiger partial charge on any atom is 0.251 e. The van der Waals surface area contributed by atoms with E-state index in [9.17, 15) is 4.79 Å². The molecule has 0 spiro atoms. The number of nitrogens with one attached hydrogen (secondary N) is 1. The van der Waals surface area contributed by atoms with E-state index in [0.717, 1.165) is 30.2 Å². The molecule has 1 aromatic rings. The van der Waals surface area contributed by atoms with Crippen LogP contribution < -0.4 is 20.5 Å². The van der Waals surface area contributed by atoms with Gasteiger partial charge in [-0.2, -0.15) is 0 Å². The van der Waals surface area contributed by atoms with Crippen LogP contribution in [0.5, 0.6) is 11.5 Å². The van der Waals surface area contributed by atoms with Gasteiger partial charge in [-0.3, -0.25) is 4.79 Å². The lowest BCUT2D eigenvalue weighted by Gasteiger charge is -2.27. The van der Waals surface area contributed by atoms with Gasteiger partial charge in [0.05, 0.1) is 4.47 Å². The molecule has 0 atom stereocenters. The van der Waals surface area contributed by atoms with Crippen molar-refractivity contribution in [2.45, 2.75) is 37.8 Å². The molecule has 1 amide bonds. The Morgan fingerprint density at radius 3 is 2.67 bits per heavy atom. The van der Waals surface area contributed by atoms with E-state index >= 15 is 0 Å². The highest BCUT2D eigenvalue weighted by atomic mass is 79.9. The van der Waals surface area contributed by atoms with Gasteiger partial charge in [0.25, 0.3) is 5.91 Å². The van der Waals surface area contributed by atoms with Crippen molar-refractivity contribution < 1.29 is 14.3 Å². The van der Waals surface area contributed by atoms with E-state index in [4.69, 9.17) is 15.2 Å². The lowest BCUT2D eigenvalue weighted by molar-refractivity contribution is 0.0924. The van der Waals surface area contributed by atoms with Crippen molar-refractivity contribution in [3.8, 4) is 11.5 Å². The van der Waals surface area contributed by atoms with Crippen molar-refractivity contribution in [1.82, 2.24) is 5.32 Å². The molecule has 2 aliphatic rings. The first kappa shape index (κ1) is 14.7. The number of ether oxygens (including phenoxy) is 2.